The summed E-state index contributed by atoms with van der Waals surface area (Å²) in [4.78, 5) is 37.4. The van der Waals surface area contributed by atoms with E-state index in [1.54, 1.807) is 11.4 Å². The second kappa shape index (κ2) is 5.62. The molecule has 1 rings (SSSR count). The standard InChI is InChI=1S/C8H4N2O4S/c11-4-9-8(10-5-12)14-7(13)6-2-1-3-15-6/h1-3,8H. The van der Waals surface area contributed by atoms with Gasteiger partial charge in [0, 0.05) is 0 Å². The molecule has 1 heterocycles. The van der Waals surface area contributed by atoms with Gasteiger partial charge in [0.25, 0.3) is 0 Å². The Morgan fingerprint density at radius 3 is 2.53 bits per heavy atom. The van der Waals surface area contributed by atoms with Crippen LogP contribution in [0.25, 0.3) is 0 Å². The molecule has 6 nitrogen and oxygen atoms in total. The fourth-order valence-electron chi connectivity index (χ4n) is 0.720. The molecule has 0 atom stereocenters. The van der Waals surface area contributed by atoms with E-state index in [1.807, 2.05) is 0 Å². The molecule has 0 spiro atoms. The highest BCUT2D eigenvalue weighted by molar-refractivity contribution is 7.11. The highest BCUT2D eigenvalue weighted by Gasteiger charge is 2.14. The molecule has 0 saturated heterocycles. The van der Waals surface area contributed by atoms with Crippen molar-refractivity contribution < 1.29 is 19.1 Å². The summed E-state index contributed by atoms with van der Waals surface area (Å²) in [5, 5.41) is 1.68. The maximum atomic E-state index is 11.3. The number of hydrogen-bond acceptors (Lipinski definition) is 7. The Morgan fingerprint density at radius 1 is 1.40 bits per heavy atom. The van der Waals surface area contributed by atoms with Crippen LogP contribution in [0.15, 0.2) is 27.5 Å². The van der Waals surface area contributed by atoms with Crippen molar-refractivity contribution >= 4 is 29.5 Å². The van der Waals surface area contributed by atoms with Gasteiger partial charge in [-0.15, -0.1) is 21.3 Å². The smallest absolute Gasteiger partial charge is 0.351 e. The van der Waals surface area contributed by atoms with Crippen molar-refractivity contribution in [2.24, 2.45) is 9.98 Å². The van der Waals surface area contributed by atoms with Crippen molar-refractivity contribution in [1.29, 1.82) is 0 Å². The Labute approximate surface area is 87.9 Å². The Kier molecular flexibility index (Phi) is 4.12. The molecule has 0 saturated carbocycles. The van der Waals surface area contributed by atoms with E-state index in [2.05, 4.69) is 14.7 Å². The number of ether oxygens (including phenoxy) is 1. The first-order valence-electron chi connectivity index (χ1n) is 3.66. The summed E-state index contributed by atoms with van der Waals surface area (Å²) in [5.41, 5.74) is 0. The fraction of sp³-hybridized carbons (Fsp3) is 0.125. The molecule has 0 radical (unpaired) electrons. The van der Waals surface area contributed by atoms with Gasteiger partial charge in [-0.1, -0.05) is 6.07 Å². The van der Waals surface area contributed by atoms with Gasteiger partial charge in [0.15, 0.2) is 0 Å². The summed E-state index contributed by atoms with van der Waals surface area (Å²) >= 11 is 1.15. The van der Waals surface area contributed by atoms with Crippen LogP contribution in [-0.4, -0.2) is 24.5 Å². The number of esters is 1. The van der Waals surface area contributed by atoms with Gasteiger partial charge in [0.2, 0.25) is 12.2 Å². The summed E-state index contributed by atoms with van der Waals surface area (Å²) in [5.74, 6) is -0.715. The Hall–Kier alpha value is -2.07. The molecular formula is C8H4N2O4S. The number of nitrogens with zero attached hydrogens (tertiary/aromatic N) is 2. The van der Waals surface area contributed by atoms with Crippen LogP contribution in [-0.2, 0) is 14.3 Å². The van der Waals surface area contributed by atoms with Crippen LogP contribution in [0.3, 0.4) is 0 Å². The van der Waals surface area contributed by atoms with Crippen molar-refractivity contribution in [3.8, 4) is 0 Å². The molecule has 76 valence electrons. The molecule has 1 aromatic rings. The monoisotopic (exact) mass is 224 g/mol. The van der Waals surface area contributed by atoms with E-state index >= 15 is 0 Å². The van der Waals surface area contributed by atoms with Gasteiger partial charge in [-0.2, -0.15) is 0 Å². The number of aliphatic imine (C=N–C) groups is 2. The van der Waals surface area contributed by atoms with Crippen LogP contribution < -0.4 is 0 Å². The zero-order valence-corrected chi connectivity index (χ0v) is 8.06. The zero-order chi connectivity index (χ0) is 11.1. The lowest BCUT2D eigenvalue weighted by molar-refractivity contribution is 0.0347. The molecule has 0 unspecified atom stereocenters. The third-order valence-corrected chi connectivity index (χ3v) is 2.11. The molecule has 15 heavy (non-hydrogen) atoms. The molecular weight excluding hydrogens is 220 g/mol. The second-order valence-electron chi connectivity index (χ2n) is 2.15. The molecule has 0 fully saturated rings. The van der Waals surface area contributed by atoms with Crippen LogP contribution >= 0.6 is 11.3 Å². The van der Waals surface area contributed by atoms with Crippen molar-refractivity contribution in [2.45, 2.75) is 6.35 Å². The molecule has 0 aliphatic rings. The Bertz CT molecular complexity index is 412. The molecule has 0 aromatic carbocycles. The van der Waals surface area contributed by atoms with Gasteiger partial charge in [0.05, 0.1) is 0 Å². The van der Waals surface area contributed by atoms with Gasteiger partial charge < -0.3 is 4.74 Å². The maximum absolute atomic E-state index is 11.3. The van der Waals surface area contributed by atoms with Gasteiger partial charge in [-0.3, -0.25) is 0 Å². The average molecular weight is 224 g/mol. The topological polar surface area (TPSA) is 85.2 Å². The van der Waals surface area contributed by atoms with Crippen molar-refractivity contribution in [3.05, 3.63) is 22.4 Å². The van der Waals surface area contributed by atoms with Crippen molar-refractivity contribution in [3.63, 3.8) is 0 Å². The molecule has 0 aliphatic carbocycles. The summed E-state index contributed by atoms with van der Waals surface area (Å²) in [7, 11) is 0. The molecule has 0 bridgehead atoms. The van der Waals surface area contributed by atoms with E-state index < -0.39 is 12.3 Å². The van der Waals surface area contributed by atoms with Gasteiger partial charge >= 0.3 is 12.3 Å². The predicted octanol–water partition coefficient (Wildman–Crippen LogP) is 0.860. The lowest BCUT2D eigenvalue weighted by atomic mass is 10.5. The van der Waals surface area contributed by atoms with Crippen LogP contribution in [0.1, 0.15) is 9.67 Å². The predicted molar refractivity (Wildman–Crippen MR) is 49.8 cm³/mol. The highest BCUT2D eigenvalue weighted by Crippen LogP contribution is 2.11. The van der Waals surface area contributed by atoms with E-state index in [9.17, 15) is 14.4 Å². The summed E-state index contributed by atoms with van der Waals surface area (Å²) in [6.07, 6.45) is 0.759. The Morgan fingerprint density at radius 2 is 2.07 bits per heavy atom. The number of rotatable bonds is 4. The molecule has 0 N–H and O–H groups in total. The van der Waals surface area contributed by atoms with E-state index in [0.29, 0.717) is 4.88 Å². The fourth-order valence-corrected chi connectivity index (χ4v) is 1.33. The van der Waals surface area contributed by atoms with Gasteiger partial charge in [-0.25, -0.2) is 14.4 Å². The number of carbonyl (C=O) groups is 1. The number of hydrogen-bond donors (Lipinski definition) is 0. The first-order valence-corrected chi connectivity index (χ1v) is 4.54. The third-order valence-electron chi connectivity index (χ3n) is 1.26. The number of isocyanates is 2. The van der Waals surface area contributed by atoms with E-state index in [0.717, 1.165) is 23.5 Å². The first-order chi connectivity index (χ1) is 7.27. The normalized spacial score (nSPS) is 10.7. The maximum Gasteiger partial charge on any atom is 0.351 e. The second-order valence-corrected chi connectivity index (χ2v) is 3.10. The number of thiophene rings is 1. The SMILES string of the molecule is O=C=NC(N=C=O)OC(=O)c1cccs1. The highest BCUT2D eigenvalue weighted by atomic mass is 32.1. The summed E-state index contributed by atoms with van der Waals surface area (Å²) in [6, 6.07) is 3.18. The van der Waals surface area contributed by atoms with E-state index in [1.165, 1.54) is 6.07 Å². The molecule has 7 heteroatoms. The summed E-state index contributed by atoms with van der Waals surface area (Å²) < 4.78 is 4.59. The lowest BCUT2D eigenvalue weighted by Gasteiger charge is -2.03. The van der Waals surface area contributed by atoms with E-state index in [4.69, 9.17) is 0 Å². The Balaban J connectivity index is 2.71. The average Bonchev–Trinajstić information content (AvgIpc) is 2.71. The minimum absolute atomic E-state index is 0.321. The summed E-state index contributed by atoms with van der Waals surface area (Å²) in [6.45, 7) is 0. The minimum Gasteiger partial charge on any atom is -0.413 e. The van der Waals surface area contributed by atoms with Crippen LogP contribution in [0, 0.1) is 0 Å². The van der Waals surface area contributed by atoms with Crippen LogP contribution in [0.5, 0.6) is 0 Å². The first kappa shape index (κ1) is 11.0. The zero-order valence-electron chi connectivity index (χ0n) is 7.25. The van der Waals surface area contributed by atoms with Gasteiger partial charge in [0.1, 0.15) is 4.88 Å². The molecule has 1 aromatic heterocycles. The van der Waals surface area contributed by atoms with Crippen molar-refractivity contribution in [2.75, 3.05) is 0 Å². The molecule has 0 amide bonds. The van der Waals surface area contributed by atoms with Crippen LogP contribution in [0.2, 0.25) is 0 Å². The van der Waals surface area contributed by atoms with Gasteiger partial charge in [-0.05, 0) is 11.4 Å². The largest absolute Gasteiger partial charge is 0.413 e. The minimum atomic E-state index is -1.51. The van der Waals surface area contributed by atoms with E-state index in [-0.39, 0.29) is 0 Å². The lowest BCUT2D eigenvalue weighted by Crippen LogP contribution is -2.13. The number of carbonyl (C=O) groups excluding carboxylic acids is 3. The van der Waals surface area contributed by atoms with Crippen LogP contribution in [0.4, 0.5) is 0 Å². The quantitative estimate of drug-likeness (QED) is 0.431. The molecule has 0 aliphatic heterocycles. The third kappa shape index (κ3) is 3.28. The van der Waals surface area contributed by atoms with Crippen molar-refractivity contribution in [1.82, 2.24) is 0 Å².